The summed E-state index contributed by atoms with van der Waals surface area (Å²) in [6.45, 7) is 2.23. The van der Waals surface area contributed by atoms with Crippen molar-refractivity contribution >= 4 is 34.2 Å². The third-order valence-electron chi connectivity index (χ3n) is 6.13. The predicted octanol–water partition coefficient (Wildman–Crippen LogP) is 4.80. The first-order valence-electron chi connectivity index (χ1n) is 11.3. The molecule has 1 N–H and O–H groups in total. The zero-order valence-corrected chi connectivity index (χ0v) is 19.2. The molecule has 0 bridgehead atoms. The molecule has 178 valence electrons. The SMILES string of the molecule is COc1cccc(N2CCN(C(=O)c3oc4ccccc4c3NC(=O)c3ccccc3F)CC2)c1. The zero-order valence-electron chi connectivity index (χ0n) is 19.2. The van der Waals surface area contributed by atoms with Gasteiger partial charge in [0.2, 0.25) is 5.76 Å². The minimum Gasteiger partial charge on any atom is -0.497 e. The van der Waals surface area contributed by atoms with E-state index in [0.29, 0.717) is 37.1 Å². The lowest BCUT2D eigenvalue weighted by Crippen LogP contribution is -2.48. The molecule has 7 nitrogen and oxygen atoms in total. The summed E-state index contributed by atoms with van der Waals surface area (Å²) < 4.78 is 25.4. The van der Waals surface area contributed by atoms with Gasteiger partial charge in [0.05, 0.1) is 12.7 Å². The molecule has 1 fully saturated rings. The number of fused-ring (bicyclic) bond motifs is 1. The molecule has 0 unspecified atom stereocenters. The number of piperazine rings is 1. The van der Waals surface area contributed by atoms with Gasteiger partial charge in [0.15, 0.2) is 0 Å². The molecular formula is C27H24FN3O4. The van der Waals surface area contributed by atoms with Crippen molar-refractivity contribution < 1.29 is 23.1 Å². The standard InChI is InChI=1S/C27H24FN3O4/c1-34-19-8-6-7-18(17-19)30-13-15-31(16-14-30)27(33)25-24(21-10-3-5-12-23(21)35-25)29-26(32)20-9-2-4-11-22(20)28/h2-12,17H,13-16H2,1H3,(H,29,32). The van der Waals surface area contributed by atoms with Crippen LogP contribution in [0.1, 0.15) is 20.9 Å². The highest BCUT2D eigenvalue weighted by Crippen LogP contribution is 2.33. The van der Waals surface area contributed by atoms with Gasteiger partial charge in [-0.1, -0.05) is 30.3 Å². The van der Waals surface area contributed by atoms with Gasteiger partial charge in [-0.3, -0.25) is 9.59 Å². The molecule has 35 heavy (non-hydrogen) atoms. The minimum atomic E-state index is -0.647. The number of para-hydroxylation sites is 1. The molecular weight excluding hydrogens is 449 g/mol. The highest BCUT2D eigenvalue weighted by Gasteiger charge is 2.29. The fraction of sp³-hybridized carbons (Fsp3) is 0.185. The summed E-state index contributed by atoms with van der Waals surface area (Å²) in [6, 6.07) is 20.6. The number of carbonyl (C=O) groups is 2. The third-order valence-corrected chi connectivity index (χ3v) is 6.13. The molecule has 4 aromatic rings. The molecule has 0 atom stereocenters. The van der Waals surface area contributed by atoms with Crippen LogP contribution in [0.4, 0.5) is 15.8 Å². The molecule has 1 aliphatic heterocycles. The molecule has 0 aliphatic carbocycles. The number of benzene rings is 3. The fourth-order valence-corrected chi connectivity index (χ4v) is 4.26. The van der Waals surface area contributed by atoms with Crippen LogP contribution in [0.5, 0.6) is 5.75 Å². The lowest BCUT2D eigenvalue weighted by atomic mass is 10.1. The second kappa shape index (κ2) is 9.50. The number of nitrogens with zero attached hydrogens (tertiary/aromatic N) is 2. The number of nitrogens with one attached hydrogen (secondary N) is 1. The van der Waals surface area contributed by atoms with Crippen molar-refractivity contribution in [3.63, 3.8) is 0 Å². The summed E-state index contributed by atoms with van der Waals surface area (Å²) in [4.78, 5) is 30.2. The second-order valence-corrected chi connectivity index (χ2v) is 8.22. The molecule has 3 aromatic carbocycles. The zero-order chi connectivity index (χ0) is 24.4. The molecule has 0 saturated carbocycles. The summed E-state index contributed by atoms with van der Waals surface area (Å²) in [6.07, 6.45) is 0. The van der Waals surface area contributed by atoms with E-state index >= 15 is 0 Å². The molecule has 1 aliphatic rings. The maximum Gasteiger partial charge on any atom is 0.291 e. The Kier molecular flexibility index (Phi) is 6.10. The average Bonchev–Trinajstić information content (AvgIpc) is 3.26. The van der Waals surface area contributed by atoms with Gasteiger partial charge < -0.3 is 24.3 Å². The Morgan fingerprint density at radius 3 is 2.46 bits per heavy atom. The Morgan fingerprint density at radius 2 is 1.69 bits per heavy atom. The number of anilines is 2. The van der Waals surface area contributed by atoms with Gasteiger partial charge in [-0.05, 0) is 36.4 Å². The van der Waals surface area contributed by atoms with Gasteiger partial charge in [-0.15, -0.1) is 0 Å². The van der Waals surface area contributed by atoms with Crippen molar-refractivity contribution in [2.45, 2.75) is 0 Å². The van der Waals surface area contributed by atoms with Gasteiger partial charge in [-0.25, -0.2) is 4.39 Å². The van der Waals surface area contributed by atoms with E-state index in [1.165, 1.54) is 18.2 Å². The van der Waals surface area contributed by atoms with Crippen molar-refractivity contribution in [1.29, 1.82) is 0 Å². The van der Waals surface area contributed by atoms with Crippen LogP contribution >= 0.6 is 0 Å². The van der Waals surface area contributed by atoms with Gasteiger partial charge in [-0.2, -0.15) is 0 Å². The highest BCUT2D eigenvalue weighted by atomic mass is 19.1. The quantitative estimate of drug-likeness (QED) is 0.451. The van der Waals surface area contributed by atoms with Crippen LogP contribution in [0.15, 0.2) is 77.2 Å². The summed E-state index contributed by atoms with van der Waals surface area (Å²) >= 11 is 0. The van der Waals surface area contributed by atoms with Crippen LogP contribution in [0.3, 0.4) is 0 Å². The largest absolute Gasteiger partial charge is 0.497 e. The van der Waals surface area contributed by atoms with Gasteiger partial charge in [0, 0.05) is 43.3 Å². The van der Waals surface area contributed by atoms with E-state index in [9.17, 15) is 14.0 Å². The van der Waals surface area contributed by atoms with Crippen molar-refractivity contribution in [2.24, 2.45) is 0 Å². The Hall–Kier alpha value is -4.33. The van der Waals surface area contributed by atoms with E-state index in [0.717, 1.165) is 11.4 Å². The van der Waals surface area contributed by atoms with E-state index in [1.807, 2.05) is 24.3 Å². The summed E-state index contributed by atoms with van der Waals surface area (Å²) in [7, 11) is 1.63. The Bertz CT molecular complexity index is 1390. The number of amides is 2. The van der Waals surface area contributed by atoms with Crippen LogP contribution in [-0.2, 0) is 0 Å². The topological polar surface area (TPSA) is 75.0 Å². The van der Waals surface area contributed by atoms with E-state index in [-0.39, 0.29) is 22.9 Å². The fourth-order valence-electron chi connectivity index (χ4n) is 4.26. The maximum absolute atomic E-state index is 14.2. The summed E-state index contributed by atoms with van der Waals surface area (Å²) in [5.41, 5.74) is 1.63. The van der Waals surface area contributed by atoms with Crippen molar-refractivity contribution in [3.05, 3.63) is 89.9 Å². The van der Waals surface area contributed by atoms with E-state index in [4.69, 9.17) is 9.15 Å². The summed E-state index contributed by atoms with van der Waals surface area (Å²) in [5, 5.41) is 3.29. The van der Waals surface area contributed by atoms with E-state index < -0.39 is 11.7 Å². The van der Waals surface area contributed by atoms with Crippen molar-refractivity contribution in [2.75, 3.05) is 43.5 Å². The van der Waals surface area contributed by atoms with Gasteiger partial charge in [0.1, 0.15) is 22.8 Å². The molecule has 2 heterocycles. The smallest absolute Gasteiger partial charge is 0.291 e. The average molecular weight is 474 g/mol. The molecule has 0 radical (unpaired) electrons. The van der Waals surface area contributed by atoms with Gasteiger partial charge >= 0.3 is 0 Å². The van der Waals surface area contributed by atoms with E-state index in [1.54, 1.807) is 42.3 Å². The number of carbonyl (C=O) groups excluding carboxylic acids is 2. The van der Waals surface area contributed by atoms with Crippen molar-refractivity contribution in [1.82, 2.24) is 4.90 Å². The molecule has 1 saturated heterocycles. The van der Waals surface area contributed by atoms with Crippen LogP contribution in [0, 0.1) is 5.82 Å². The highest BCUT2D eigenvalue weighted by molar-refractivity contribution is 6.14. The first-order valence-corrected chi connectivity index (χ1v) is 11.3. The van der Waals surface area contributed by atoms with Crippen LogP contribution in [0.2, 0.25) is 0 Å². The monoisotopic (exact) mass is 473 g/mol. The molecule has 1 aromatic heterocycles. The van der Waals surface area contributed by atoms with Crippen molar-refractivity contribution in [3.8, 4) is 5.75 Å². The second-order valence-electron chi connectivity index (χ2n) is 8.22. The molecule has 8 heteroatoms. The van der Waals surface area contributed by atoms with Crippen LogP contribution in [-0.4, -0.2) is 50.0 Å². The summed E-state index contributed by atoms with van der Waals surface area (Å²) in [5.74, 6) is -0.801. The number of halogens is 1. The number of ether oxygens (including phenoxy) is 1. The first-order chi connectivity index (χ1) is 17.0. The normalized spacial score (nSPS) is 13.7. The molecule has 2 amide bonds. The van der Waals surface area contributed by atoms with Crippen LogP contribution in [0.25, 0.3) is 11.0 Å². The Balaban J connectivity index is 1.38. The lowest BCUT2D eigenvalue weighted by molar-refractivity contribution is 0.0718. The van der Waals surface area contributed by atoms with Crippen LogP contribution < -0.4 is 15.0 Å². The Labute approximate surface area is 201 Å². The lowest BCUT2D eigenvalue weighted by Gasteiger charge is -2.36. The minimum absolute atomic E-state index is 0.0331. The Morgan fingerprint density at radius 1 is 0.943 bits per heavy atom. The number of methoxy groups -OCH3 is 1. The number of rotatable bonds is 5. The number of furan rings is 1. The van der Waals surface area contributed by atoms with E-state index in [2.05, 4.69) is 10.2 Å². The molecule has 0 spiro atoms. The third kappa shape index (κ3) is 4.42. The van der Waals surface area contributed by atoms with Gasteiger partial charge in [0.25, 0.3) is 11.8 Å². The predicted molar refractivity (Wildman–Crippen MR) is 132 cm³/mol. The number of hydrogen-bond acceptors (Lipinski definition) is 5. The first kappa shape index (κ1) is 22.5. The maximum atomic E-state index is 14.2. The number of hydrogen-bond donors (Lipinski definition) is 1. The molecule has 5 rings (SSSR count).